The number of hydrogen-bond acceptors (Lipinski definition) is 3. The van der Waals surface area contributed by atoms with Crippen LogP contribution in [0.4, 0.5) is 5.69 Å². The van der Waals surface area contributed by atoms with E-state index in [1.54, 1.807) is 0 Å². The molecule has 96 valence electrons. The summed E-state index contributed by atoms with van der Waals surface area (Å²) in [6, 6.07) is 8.46. The summed E-state index contributed by atoms with van der Waals surface area (Å²) in [6.45, 7) is 0. The number of halogens is 1. The molecule has 0 atom stereocenters. The number of amidine groups is 1. The van der Waals surface area contributed by atoms with E-state index in [4.69, 9.17) is 4.99 Å². The summed E-state index contributed by atoms with van der Waals surface area (Å²) in [5, 5.41) is 4.57. The Bertz CT molecular complexity index is 467. The summed E-state index contributed by atoms with van der Waals surface area (Å²) in [7, 11) is 0. The highest BCUT2D eigenvalue weighted by atomic mass is 127. The number of aliphatic imine (C=N–C) groups is 1. The first-order valence-corrected chi connectivity index (χ1v) is 8.58. The SMILES string of the molecule is Ic1cccc(NC2=NC3(CCCCC3)CS2)c1. The third-order valence-corrected chi connectivity index (χ3v) is 5.50. The Balaban J connectivity index is 1.72. The second-order valence-electron chi connectivity index (χ2n) is 5.13. The van der Waals surface area contributed by atoms with Crippen molar-refractivity contribution in [3.05, 3.63) is 27.8 Å². The van der Waals surface area contributed by atoms with Gasteiger partial charge >= 0.3 is 0 Å². The fourth-order valence-electron chi connectivity index (χ4n) is 2.70. The van der Waals surface area contributed by atoms with E-state index in [1.165, 1.54) is 41.4 Å². The van der Waals surface area contributed by atoms with Crippen LogP contribution in [0.25, 0.3) is 0 Å². The van der Waals surface area contributed by atoms with Crippen molar-refractivity contribution < 1.29 is 0 Å². The van der Waals surface area contributed by atoms with Crippen LogP contribution in [0.2, 0.25) is 0 Å². The molecule has 1 spiro atoms. The fraction of sp³-hybridized carbons (Fsp3) is 0.500. The van der Waals surface area contributed by atoms with Crippen LogP contribution < -0.4 is 5.32 Å². The molecule has 0 saturated heterocycles. The molecule has 0 amide bonds. The van der Waals surface area contributed by atoms with Crippen molar-refractivity contribution in [1.82, 2.24) is 0 Å². The molecule has 3 rings (SSSR count). The van der Waals surface area contributed by atoms with Crippen LogP contribution >= 0.6 is 34.4 Å². The number of thioether (sulfide) groups is 1. The van der Waals surface area contributed by atoms with Crippen LogP contribution in [-0.4, -0.2) is 16.5 Å². The first-order valence-electron chi connectivity index (χ1n) is 6.51. The van der Waals surface area contributed by atoms with Gasteiger partial charge in [-0.1, -0.05) is 37.1 Å². The summed E-state index contributed by atoms with van der Waals surface area (Å²) in [6.07, 6.45) is 6.64. The van der Waals surface area contributed by atoms with E-state index in [0.717, 1.165) is 10.9 Å². The normalized spacial score (nSPS) is 21.9. The largest absolute Gasteiger partial charge is 0.335 e. The van der Waals surface area contributed by atoms with Gasteiger partial charge in [0, 0.05) is 15.0 Å². The van der Waals surface area contributed by atoms with E-state index >= 15 is 0 Å². The molecular weight excluding hydrogens is 355 g/mol. The molecule has 1 aliphatic carbocycles. The minimum Gasteiger partial charge on any atom is -0.335 e. The van der Waals surface area contributed by atoms with Gasteiger partial charge in [-0.15, -0.1) is 0 Å². The van der Waals surface area contributed by atoms with Crippen molar-refractivity contribution in [2.45, 2.75) is 37.6 Å². The highest BCUT2D eigenvalue weighted by Crippen LogP contribution is 2.39. The summed E-state index contributed by atoms with van der Waals surface area (Å²) in [4.78, 5) is 4.97. The van der Waals surface area contributed by atoms with Gasteiger partial charge in [-0.25, -0.2) is 0 Å². The van der Waals surface area contributed by atoms with Crippen LogP contribution in [0.1, 0.15) is 32.1 Å². The number of benzene rings is 1. The summed E-state index contributed by atoms with van der Waals surface area (Å²) in [5.41, 5.74) is 1.41. The molecule has 1 saturated carbocycles. The Hall–Kier alpha value is -0.230. The van der Waals surface area contributed by atoms with Gasteiger partial charge in [-0.3, -0.25) is 4.99 Å². The van der Waals surface area contributed by atoms with E-state index in [0.29, 0.717) is 0 Å². The molecular formula is C14H17IN2S. The summed E-state index contributed by atoms with van der Waals surface area (Å²) < 4.78 is 1.26. The van der Waals surface area contributed by atoms with E-state index in [2.05, 4.69) is 52.2 Å². The zero-order valence-electron chi connectivity index (χ0n) is 10.3. The standard InChI is InChI=1S/C14H17IN2S/c15-11-5-4-6-12(9-11)16-13-17-14(10-18-13)7-2-1-3-8-14/h4-6,9H,1-3,7-8,10H2,(H,16,17). The van der Waals surface area contributed by atoms with Crippen molar-refractivity contribution in [2.75, 3.05) is 11.1 Å². The molecule has 2 nitrogen and oxygen atoms in total. The van der Waals surface area contributed by atoms with Crippen LogP contribution in [-0.2, 0) is 0 Å². The van der Waals surface area contributed by atoms with Crippen molar-refractivity contribution in [2.24, 2.45) is 4.99 Å². The smallest absolute Gasteiger partial charge is 0.161 e. The molecule has 4 heteroatoms. The average Bonchev–Trinajstić information content (AvgIpc) is 2.73. The van der Waals surface area contributed by atoms with E-state index in [9.17, 15) is 0 Å². The van der Waals surface area contributed by atoms with Crippen LogP contribution in [0, 0.1) is 3.57 Å². The third-order valence-electron chi connectivity index (χ3n) is 3.68. The zero-order valence-corrected chi connectivity index (χ0v) is 13.3. The average molecular weight is 372 g/mol. The second kappa shape index (κ2) is 5.41. The molecule has 2 aliphatic rings. The molecule has 0 unspecified atom stereocenters. The van der Waals surface area contributed by atoms with Crippen molar-refractivity contribution in [1.29, 1.82) is 0 Å². The number of hydrogen-bond donors (Lipinski definition) is 1. The summed E-state index contributed by atoms with van der Waals surface area (Å²) in [5.74, 6) is 1.17. The van der Waals surface area contributed by atoms with Gasteiger partial charge in [0.1, 0.15) is 0 Å². The topological polar surface area (TPSA) is 24.4 Å². The molecule has 0 aromatic heterocycles. The molecule has 1 aromatic carbocycles. The molecule has 1 aromatic rings. The maximum Gasteiger partial charge on any atom is 0.161 e. The monoisotopic (exact) mass is 372 g/mol. The first kappa shape index (κ1) is 12.8. The lowest BCUT2D eigenvalue weighted by Gasteiger charge is -2.29. The van der Waals surface area contributed by atoms with E-state index in [1.807, 2.05) is 11.8 Å². The number of rotatable bonds is 1. The van der Waals surface area contributed by atoms with Gasteiger partial charge in [0.25, 0.3) is 0 Å². The van der Waals surface area contributed by atoms with Gasteiger partial charge in [0.05, 0.1) is 5.54 Å². The molecule has 1 N–H and O–H groups in total. The molecule has 0 radical (unpaired) electrons. The van der Waals surface area contributed by atoms with Crippen molar-refractivity contribution in [3.8, 4) is 0 Å². The Labute approximate surface area is 126 Å². The molecule has 0 bridgehead atoms. The number of nitrogens with one attached hydrogen (secondary N) is 1. The molecule has 18 heavy (non-hydrogen) atoms. The Kier molecular flexibility index (Phi) is 3.84. The van der Waals surface area contributed by atoms with Gasteiger partial charge in [0.2, 0.25) is 0 Å². The second-order valence-corrected chi connectivity index (χ2v) is 7.34. The maximum atomic E-state index is 4.97. The minimum atomic E-state index is 0.257. The van der Waals surface area contributed by atoms with Crippen LogP contribution in [0.5, 0.6) is 0 Å². The lowest BCUT2D eigenvalue weighted by molar-refractivity contribution is 0.335. The zero-order chi connectivity index (χ0) is 12.4. The van der Waals surface area contributed by atoms with Crippen LogP contribution in [0.15, 0.2) is 29.3 Å². The first-order chi connectivity index (χ1) is 8.76. The number of nitrogens with zero attached hydrogens (tertiary/aromatic N) is 1. The van der Waals surface area contributed by atoms with Gasteiger partial charge in [-0.05, 0) is 53.6 Å². The van der Waals surface area contributed by atoms with Gasteiger partial charge < -0.3 is 5.32 Å². The molecule has 1 aliphatic heterocycles. The Morgan fingerprint density at radius 2 is 2.06 bits per heavy atom. The lowest BCUT2D eigenvalue weighted by atomic mass is 9.84. The lowest BCUT2D eigenvalue weighted by Crippen LogP contribution is -2.29. The molecule has 1 heterocycles. The van der Waals surface area contributed by atoms with E-state index < -0.39 is 0 Å². The minimum absolute atomic E-state index is 0.257. The highest BCUT2D eigenvalue weighted by Gasteiger charge is 2.36. The van der Waals surface area contributed by atoms with Crippen molar-refractivity contribution in [3.63, 3.8) is 0 Å². The Morgan fingerprint density at radius 3 is 2.83 bits per heavy atom. The van der Waals surface area contributed by atoms with E-state index in [-0.39, 0.29) is 5.54 Å². The predicted octanol–water partition coefficient (Wildman–Crippen LogP) is 4.51. The number of anilines is 1. The van der Waals surface area contributed by atoms with Gasteiger partial charge in [-0.2, -0.15) is 0 Å². The quantitative estimate of drug-likeness (QED) is 0.734. The third kappa shape index (κ3) is 2.85. The Morgan fingerprint density at radius 1 is 1.22 bits per heavy atom. The molecule has 1 fully saturated rings. The maximum absolute atomic E-state index is 4.97. The predicted molar refractivity (Wildman–Crippen MR) is 88.5 cm³/mol. The fourth-order valence-corrected chi connectivity index (χ4v) is 4.45. The van der Waals surface area contributed by atoms with Crippen LogP contribution in [0.3, 0.4) is 0 Å². The highest BCUT2D eigenvalue weighted by molar-refractivity contribution is 14.1. The summed E-state index contributed by atoms with van der Waals surface area (Å²) >= 11 is 4.23. The van der Waals surface area contributed by atoms with Crippen molar-refractivity contribution >= 4 is 45.2 Å². The van der Waals surface area contributed by atoms with Gasteiger partial charge in [0.15, 0.2) is 5.17 Å².